The molecule has 2 aliphatic heterocycles. The van der Waals surface area contributed by atoms with Gasteiger partial charge in [0, 0.05) is 23.6 Å². The zero-order valence-electron chi connectivity index (χ0n) is 24.7. The molecule has 2 amide bonds. The molecule has 0 bridgehead atoms. The number of anilines is 3. The first-order chi connectivity index (χ1) is 19.5. The summed E-state index contributed by atoms with van der Waals surface area (Å²) in [5.74, 6) is 0.418. The summed E-state index contributed by atoms with van der Waals surface area (Å²) in [7, 11) is 1.86. The van der Waals surface area contributed by atoms with E-state index in [-0.39, 0.29) is 17.7 Å². The highest BCUT2D eigenvalue weighted by Gasteiger charge is 2.35. The lowest BCUT2D eigenvalue weighted by Gasteiger charge is -2.34. The topological polar surface area (TPSA) is 82.5 Å². The van der Waals surface area contributed by atoms with Gasteiger partial charge in [0.2, 0.25) is 5.91 Å². The van der Waals surface area contributed by atoms with Gasteiger partial charge >= 0.3 is 0 Å². The average molecular weight is 577 g/mol. The van der Waals surface area contributed by atoms with Crippen LogP contribution in [0.5, 0.6) is 0 Å². The number of nitrogens with one attached hydrogen (secondary N) is 2. The molecule has 1 atom stereocenters. The molecule has 5 rings (SSSR count). The number of likely N-dealkylation sites (tertiary alicyclic amines) is 1. The molecule has 1 saturated heterocycles. The van der Waals surface area contributed by atoms with Gasteiger partial charge in [0.15, 0.2) is 0 Å². The maximum absolute atomic E-state index is 14.5. The first-order valence-corrected chi connectivity index (χ1v) is 14.8. The molecule has 2 aliphatic rings. The van der Waals surface area contributed by atoms with Crippen molar-refractivity contribution in [3.8, 4) is 0 Å². The Morgan fingerprint density at radius 2 is 1.90 bits per heavy atom. The fourth-order valence-corrected chi connectivity index (χ4v) is 5.82. The number of aryl methyl sites for hydroxylation is 2. The number of halogens is 1. The van der Waals surface area contributed by atoms with Gasteiger partial charge in [0.25, 0.3) is 5.91 Å². The van der Waals surface area contributed by atoms with Gasteiger partial charge in [0.05, 0.1) is 24.1 Å². The number of piperidine rings is 1. The van der Waals surface area contributed by atoms with Gasteiger partial charge in [-0.05, 0) is 75.0 Å². The van der Waals surface area contributed by atoms with E-state index >= 15 is 0 Å². The summed E-state index contributed by atoms with van der Waals surface area (Å²) >= 11 is 6.35. The number of rotatable bonds is 6. The first-order valence-electron chi connectivity index (χ1n) is 14.5. The summed E-state index contributed by atoms with van der Waals surface area (Å²) < 4.78 is 1.75. The van der Waals surface area contributed by atoms with Crippen molar-refractivity contribution in [1.29, 1.82) is 0 Å². The molecule has 41 heavy (non-hydrogen) atoms. The van der Waals surface area contributed by atoms with E-state index in [2.05, 4.69) is 41.4 Å². The smallest absolute Gasteiger partial charge is 0.254 e. The molecule has 3 heterocycles. The van der Waals surface area contributed by atoms with Crippen LogP contribution in [0.1, 0.15) is 62.8 Å². The second-order valence-corrected chi connectivity index (χ2v) is 13.1. The van der Waals surface area contributed by atoms with E-state index in [0.29, 0.717) is 28.4 Å². The van der Waals surface area contributed by atoms with Crippen LogP contribution in [0, 0.1) is 18.3 Å². The number of carbonyl (C=O) groups excluding carboxylic acids is 2. The van der Waals surface area contributed by atoms with Crippen LogP contribution in [0.2, 0.25) is 5.02 Å². The normalized spacial score (nSPS) is 16.8. The molecule has 1 unspecified atom stereocenters. The lowest BCUT2D eigenvalue weighted by Crippen LogP contribution is -2.46. The van der Waals surface area contributed by atoms with E-state index in [1.54, 1.807) is 21.8 Å². The van der Waals surface area contributed by atoms with Crippen molar-refractivity contribution < 1.29 is 9.59 Å². The quantitative estimate of drug-likeness (QED) is 0.377. The van der Waals surface area contributed by atoms with Gasteiger partial charge in [-0.1, -0.05) is 62.2 Å². The van der Waals surface area contributed by atoms with Crippen molar-refractivity contribution in [1.82, 2.24) is 20.0 Å². The first kappa shape index (κ1) is 29.1. The third-order valence-electron chi connectivity index (χ3n) is 8.16. The minimum atomic E-state index is -0.830. The molecule has 8 nitrogen and oxygen atoms in total. The van der Waals surface area contributed by atoms with Crippen molar-refractivity contribution in [2.45, 2.75) is 59.5 Å². The highest BCUT2D eigenvalue weighted by atomic mass is 35.5. The number of aromatic nitrogens is 2. The maximum atomic E-state index is 14.5. The van der Waals surface area contributed by atoms with Gasteiger partial charge in [-0.3, -0.25) is 14.3 Å². The van der Waals surface area contributed by atoms with Crippen molar-refractivity contribution >= 4 is 40.6 Å². The molecule has 2 N–H and O–H groups in total. The Balaban J connectivity index is 1.40. The molecule has 0 spiro atoms. The monoisotopic (exact) mass is 576 g/mol. The molecule has 9 heteroatoms. The van der Waals surface area contributed by atoms with E-state index < -0.39 is 6.04 Å². The van der Waals surface area contributed by atoms with Crippen molar-refractivity contribution in [2.75, 3.05) is 29.9 Å². The number of hydrogen-bond donors (Lipinski definition) is 2. The average Bonchev–Trinajstić information content (AvgIpc) is 3.18. The van der Waals surface area contributed by atoms with Gasteiger partial charge in [-0.15, -0.1) is 0 Å². The Morgan fingerprint density at radius 3 is 2.61 bits per heavy atom. The highest BCUT2D eigenvalue weighted by molar-refractivity contribution is 6.31. The van der Waals surface area contributed by atoms with Gasteiger partial charge in [0.1, 0.15) is 11.9 Å². The summed E-state index contributed by atoms with van der Waals surface area (Å²) in [5.41, 5.74) is 4.38. The van der Waals surface area contributed by atoms with Crippen LogP contribution in [0.4, 0.5) is 17.2 Å². The van der Waals surface area contributed by atoms with E-state index in [1.165, 1.54) is 0 Å². The Morgan fingerprint density at radius 1 is 1.15 bits per heavy atom. The Labute approximate surface area is 248 Å². The molecule has 3 aromatic rings. The largest absolute Gasteiger partial charge is 0.340 e. The van der Waals surface area contributed by atoms with E-state index in [0.717, 1.165) is 61.4 Å². The summed E-state index contributed by atoms with van der Waals surface area (Å²) in [4.78, 5) is 32.4. The van der Waals surface area contributed by atoms with Gasteiger partial charge in [-0.25, -0.2) is 0 Å². The van der Waals surface area contributed by atoms with Crippen molar-refractivity contribution in [2.24, 2.45) is 18.4 Å². The number of amides is 2. The van der Waals surface area contributed by atoms with Crippen LogP contribution in [0.25, 0.3) is 0 Å². The van der Waals surface area contributed by atoms with Crippen LogP contribution in [-0.4, -0.2) is 46.1 Å². The third-order valence-corrected chi connectivity index (χ3v) is 8.39. The molecular formula is C32H41ClN6O2. The molecule has 0 radical (unpaired) electrons. The summed E-state index contributed by atoms with van der Waals surface area (Å²) in [6.07, 6.45) is 4.48. The number of benzene rings is 2. The molecule has 1 fully saturated rings. The zero-order chi connectivity index (χ0) is 29.3. The van der Waals surface area contributed by atoms with Gasteiger partial charge < -0.3 is 20.4 Å². The lowest BCUT2D eigenvalue weighted by atomic mass is 9.90. The Kier molecular flexibility index (Phi) is 8.43. The molecule has 218 valence electrons. The number of nitrogens with zero attached hydrogens (tertiary/aromatic N) is 4. The minimum Gasteiger partial charge on any atom is -0.340 e. The van der Waals surface area contributed by atoms with Crippen LogP contribution in [0.3, 0.4) is 0 Å². The molecule has 0 saturated carbocycles. The van der Waals surface area contributed by atoms with E-state index in [1.807, 2.05) is 50.4 Å². The summed E-state index contributed by atoms with van der Waals surface area (Å²) in [5, 5.41) is 11.5. The molecule has 2 aromatic carbocycles. The second kappa shape index (κ2) is 11.9. The van der Waals surface area contributed by atoms with E-state index in [9.17, 15) is 9.59 Å². The Bertz CT molecular complexity index is 1420. The van der Waals surface area contributed by atoms with Gasteiger partial charge in [-0.2, -0.15) is 5.10 Å². The van der Waals surface area contributed by atoms with Crippen LogP contribution >= 0.6 is 11.6 Å². The SMILES string of the molecule is Cc1cccc(C(NC(=O)C2CCN(CCC(C)(C)C)CC2)C(=O)N2Cc3cnn(C)c3Nc3cc(Cl)ccc32)c1. The van der Waals surface area contributed by atoms with E-state index in [4.69, 9.17) is 11.6 Å². The predicted octanol–water partition coefficient (Wildman–Crippen LogP) is 5.98. The van der Waals surface area contributed by atoms with Crippen molar-refractivity contribution in [3.63, 3.8) is 0 Å². The summed E-state index contributed by atoms with van der Waals surface area (Å²) in [6.45, 7) is 11.9. The predicted molar refractivity (Wildman–Crippen MR) is 164 cm³/mol. The molecular weight excluding hydrogens is 536 g/mol. The van der Waals surface area contributed by atoms with Crippen LogP contribution in [-0.2, 0) is 23.2 Å². The number of fused-ring (bicyclic) bond motifs is 2. The molecule has 1 aromatic heterocycles. The zero-order valence-corrected chi connectivity index (χ0v) is 25.5. The van der Waals surface area contributed by atoms with Crippen molar-refractivity contribution in [3.05, 3.63) is 70.4 Å². The highest BCUT2D eigenvalue weighted by Crippen LogP contribution is 2.38. The van der Waals surface area contributed by atoms with Crippen LogP contribution < -0.4 is 15.5 Å². The standard InChI is InChI=1S/C32H41ClN6O2/c1-21-7-6-8-23(17-21)28(36-30(40)22-11-14-38(15-12-22)16-13-32(2,3)4)31(41)39-20-24-19-34-37(5)29(24)35-26-18-25(33)9-10-27(26)39/h6-10,17-19,22,28,35H,11-16,20H2,1-5H3,(H,36,40). The number of carbonyl (C=O) groups is 2. The third kappa shape index (κ3) is 6.76. The maximum Gasteiger partial charge on any atom is 0.254 e. The minimum absolute atomic E-state index is 0.0633. The summed E-state index contributed by atoms with van der Waals surface area (Å²) in [6, 6.07) is 12.4. The second-order valence-electron chi connectivity index (χ2n) is 12.6. The fraction of sp³-hybridized carbons (Fsp3) is 0.469. The Hall–Kier alpha value is -3.36. The van der Waals surface area contributed by atoms with Crippen LogP contribution in [0.15, 0.2) is 48.7 Å². The fourth-order valence-electron chi connectivity index (χ4n) is 5.65. The number of hydrogen-bond acceptors (Lipinski definition) is 5. The lowest BCUT2D eigenvalue weighted by molar-refractivity contribution is -0.131. The molecule has 0 aliphatic carbocycles.